The molecule has 1 aromatic heterocycles. The maximum Gasteiger partial charge on any atom is 0.387 e. The van der Waals surface area contributed by atoms with Gasteiger partial charge in [0.05, 0.1) is 23.1 Å². The number of aliphatic hydroxyl groups is 1. The third-order valence-corrected chi connectivity index (χ3v) is 8.20. The summed E-state index contributed by atoms with van der Waals surface area (Å²) in [7, 11) is 1.71. The number of imidazole rings is 1. The molecule has 1 saturated heterocycles. The number of aromatic nitrogens is 2. The molecule has 1 fully saturated rings. The molecule has 0 radical (unpaired) electrons. The number of carbonyl (C=O) groups excluding carboxylic acids is 2. The molecule has 3 aromatic rings. The Morgan fingerprint density at radius 3 is 2.75 bits per heavy atom. The number of amides is 2. The molecule has 208 valence electrons. The Kier molecular flexibility index (Phi) is 5.93. The lowest BCUT2D eigenvalue weighted by molar-refractivity contribution is -0.146. The summed E-state index contributed by atoms with van der Waals surface area (Å²) in [5.74, 6) is 6.72. The van der Waals surface area contributed by atoms with Gasteiger partial charge in [-0.1, -0.05) is 17.9 Å². The van der Waals surface area contributed by atoms with Crippen molar-refractivity contribution in [2.75, 3.05) is 20.1 Å². The number of hydrogen-bond acceptors (Lipinski definition) is 5. The van der Waals surface area contributed by atoms with Crippen LogP contribution in [0.1, 0.15) is 73.0 Å². The van der Waals surface area contributed by atoms with Crippen LogP contribution in [0.2, 0.25) is 0 Å². The van der Waals surface area contributed by atoms with Crippen molar-refractivity contribution in [3.8, 4) is 17.6 Å². The van der Waals surface area contributed by atoms with Crippen LogP contribution in [-0.2, 0) is 4.79 Å². The van der Waals surface area contributed by atoms with Gasteiger partial charge in [0.1, 0.15) is 17.2 Å². The van der Waals surface area contributed by atoms with Crippen LogP contribution in [0.5, 0.6) is 5.75 Å². The SMILES string of the molecule is CN1C(=O)c2cccc(OC(F)F)c2[C@H]2CC1c1nc3ccc(C#CC4(C)CCN(C(=O)C(C)(C)O)C4)cc3n12. The molecule has 2 bridgehead atoms. The Balaban J connectivity index is 1.39. The van der Waals surface area contributed by atoms with Crippen molar-refractivity contribution in [2.45, 2.75) is 57.9 Å². The van der Waals surface area contributed by atoms with Crippen molar-refractivity contribution < 1.29 is 28.2 Å². The highest BCUT2D eigenvalue weighted by atomic mass is 19.3. The number of likely N-dealkylation sites (tertiary alicyclic amines) is 1. The van der Waals surface area contributed by atoms with E-state index in [9.17, 15) is 23.5 Å². The normalized spacial score (nSPS) is 23.6. The van der Waals surface area contributed by atoms with E-state index in [1.807, 2.05) is 29.7 Å². The molecule has 1 N–H and O–H groups in total. The number of carbonyl (C=O) groups is 2. The van der Waals surface area contributed by atoms with Gasteiger partial charge in [0.15, 0.2) is 0 Å². The van der Waals surface area contributed by atoms with Crippen LogP contribution in [0, 0.1) is 17.3 Å². The van der Waals surface area contributed by atoms with Crippen molar-refractivity contribution in [3.05, 3.63) is 58.9 Å². The molecule has 3 aliphatic rings. The van der Waals surface area contributed by atoms with Gasteiger partial charge in [0, 0.05) is 48.7 Å². The Morgan fingerprint density at radius 1 is 1.25 bits per heavy atom. The smallest absolute Gasteiger partial charge is 0.387 e. The third kappa shape index (κ3) is 4.20. The van der Waals surface area contributed by atoms with Gasteiger partial charge in [-0.25, -0.2) is 4.98 Å². The van der Waals surface area contributed by atoms with E-state index in [4.69, 9.17) is 9.72 Å². The number of rotatable bonds is 3. The zero-order valence-electron chi connectivity index (χ0n) is 22.7. The number of ether oxygens (including phenoxy) is 1. The van der Waals surface area contributed by atoms with E-state index in [0.717, 1.165) is 16.6 Å². The minimum atomic E-state index is -3.02. The number of benzene rings is 2. The van der Waals surface area contributed by atoms with E-state index in [0.29, 0.717) is 42.9 Å². The average Bonchev–Trinajstić information content (AvgIpc) is 3.55. The van der Waals surface area contributed by atoms with Crippen LogP contribution in [0.3, 0.4) is 0 Å². The maximum absolute atomic E-state index is 13.3. The van der Waals surface area contributed by atoms with Crippen LogP contribution >= 0.6 is 0 Å². The summed E-state index contributed by atoms with van der Waals surface area (Å²) in [6.45, 7) is 2.92. The fourth-order valence-electron chi connectivity index (χ4n) is 6.20. The quantitative estimate of drug-likeness (QED) is 0.498. The predicted molar refractivity (Wildman–Crippen MR) is 143 cm³/mol. The molecule has 0 saturated carbocycles. The Morgan fingerprint density at radius 2 is 2.02 bits per heavy atom. The summed E-state index contributed by atoms with van der Waals surface area (Å²) < 4.78 is 33.6. The molecular weight excluding hydrogens is 518 g/mol. The first-order chi connectivity index (χ1) is 18.9. The molecule has 2 aromatic carbocycles. The predicted octanol–water partition coefficient (Wildman–Crippen LogP) is 4.12. The van der Waals surface area contributed by atoms with Gasteiger partial charge in [0.25, 0.3) is 11.8 Å². The first kappa shape index (κ1) is 26.3. The number of nitrogens with zero attached hydrogens (tertiary/aromatic N) is 4. The minimum absolute atomic E-state index is 0.00939. The van der Waals surface area contributed by atoms with Gasteiger partial charge in [-0.2, -0.15) is 8.78 Å². The minimum Gasteiger partial charge on any atom is -0.434 e. The zero-order chi connectivity index (χ0) is 28.6. The summed E-state index contributed by atoms with van der Waals surface area (Å²) in [6.07, 6.45) is 1.19. The summed E-state index contributed by atoms with van der Waals surface area (Å²) in [5, 5.41) is 10.1. The van der Waals surface area contributed by atoms with Gasteiger partial charge < -0.3 is 24.2 Å². The number of alkyl halides is 2. The van der Waals surface area contributed by atoms with Gasteiger partial charge in [-0.3, -0.25) is 9.59 Å². The van der Waals surface area contributed by atoms with Crippen molar-refractivity contribution in [1.29, 1.82) is 0 Å². The Bertz CT molecular complexity index is 1620. The summed E-state index contributed by atoms with van der Waals surface area (Å²) in [5.41, 5.74) is 1.20. The molecule has 0 aliphatic carbocycles. The van der Waals surface area contributed by atoms with E-state index in [-0.39, 0.29) is 23.6 Å². The van der Waals surface area contributed by atoms with Crippen LogP contribution < -0.4 is 4.74 Å². The molecule has 10 heteroatoms. The lowest BCUT2D eigenvalue weighted by Gasteiger charge is -2.25. The van der Waals surface area contributed by atoms with Gasteiger partial charge >= 0.3 is 6.61 Å². The van der Waals surface area contributed by atoms with Gasteiger partial charge in [-0.05, 0) is 57.5 Å². The third-order valence-electron chi connectivity index (χ3n) is 8.20. The highest BCUT2D eigenvalue weighted by molar-refractivity contribution is 5.98. The fraction of sp³-hybridized carbons (Fsp3) is 0.433. The van der Waals surface area contributed by atoms with E-state index in [1.165, 1.54) is 19.9 Å². The van der Waals surface area contributed by atoms with Crippen molar-refractivity contribution in [2.24, 2.45) is 5.41 Å². The standard InChI is InChI=1S/C30H30F2N4O4/c1-29(2,39)27(38)35-13-12-30(3,16-35)11-10-17-8-9-19-20(14-17)36-21-15-22(25(36)33-19)34(4)26(37)18-6-5-7-23(24(18)21)40-28(31)32/h5-9,14,21-22,28,39H,12-13,15-16H2,1-4H3/t21-,22?,30?/m1/s1. The Hall–Kier alpha value is -3.97. The highest BCUT2D eigenvalue weighted by Crippen LogP contribution is 2.50. The first-order valence-corrected chi connectivity index (χ1v) is 13.3. The molecule has 3 atom stereocenters. The summed E-state index contributed by atoms with van der Waals surface area (Å²) in [4.78, 5) is 33.9. The lowest BCUT2D eigenvalue weighted by atomic mass is 9.90. The largest absolute Gasteiger partial charge is 0.434 e. The first-order valence-electron chi connectivity index (χ1n) is 13.3. The van der Waals surface area contributed by atoms with Crippen molar-refractivity contribution in [3.63, 3.8) is 0 Å². The number of halogens is 2. The lowest BCUT2D eigenvalue weighted by Crippen LogP contribution is -2.44. The second kappa shape index (κ2) is 9.03. The van der Waals surface area contributed by atoms with Crippen molar-refractivity contribution in [1.82, 2.24) is 19.4 Å². The fourth-order valence-corrected chi connectivity index (χ4v) is 6.20. The summed E-state index contributed by atoms with van der Waals surface area (Å²) >= 11 is 0. The highest BCUT2D eigenvalue weighted by Gasteiger charge is 2.45. The van der Waals surface area contributed by atoms with E-state index in [1.54, 1.807) is 29.0 Å². The van der Waals surface area contributed by atoms with E-state index < -0.39 is 23.7 Å². The van der Waals surface area contributed by atoms with Gasteiger partial charge in [-0.15, -0.1) is 0 Å². The average molecular weight is 549 g/mol. The maximum atomic E-state index is 13.3. The Labute approximate surface area is 230 Å². The van der Waals surface area contributed by atoms with Crippen LogP contribution in [0.4, 0.5) is 8.78 Å². The van der Waals surface area contributed by atoms with Crippen LogP contribution in [0.25, 0.3) is 11.0 Å². The number of fused-ring (bicyclic) bond motifs is 9. The second-order valence-electron chi connectivity index (χ2n) is 11.7. The number of hydrogen-bond donors (Lipinski definition) is 1. The molecule has 3 aliphatic heterocycles. The second-order valence-corrected chi connectivity index (χ2v) is 11.7. The molecule has 40 heavy (non-hydrogen) atoms. The molecule has 2 amide bonds. The molecular formula is C30H30F2N4O4. The van der Waals surface area contributed by atoms with Crippen LogP contribution in [0.15, 0.2) is 36.4 Å². The van der Waals surface area contributed by atoms with Crippen LogP contribution in [-0.4, -0.2) is 68.6 Å². The van der Waals surface area contributed by atoms with E-state index >= 15 is 0 Å². The molecule has 6 rings (SSSR count). The molecule has 8 nitrogen and oxygen atoms in total. The van der Waals surface area contributed by atoms with Gasteiger partial charge in [0.2, 0.25) is 0 Å². The molecule has 0 spiro atoms. The molecule has 4 heterocycles. The summed E-state index contributed by atoms with van der Waals surface area (Å²) in [6, 6.07) is 9.64. The zero-order valence-corrected chi connectivity index (χ0v) is 22.7. The van der Waals surface area contributed by atoms with Crippen molar-refractivity contribution >= 4 is 22.8 Å². The molecule has 2 unspecified atom stereocenters. The monoisotopic (exact) mass is 548 g/mol. The van der Waals surface area contributed by atoms with E-state index in [2.05, 4.69) is 11.8 Å². The topological polar surface area (TPSA) is 87.9 Å².